The molecular formula is C2H4BrN7. The lowest BCUT2D eigenvalue weighted by Crippen LogP contribution is -2.04. The second-order valence-electron chi connectivity index (χ2n) is 1.28. The minimum atomic E-state index is 0.220. The quantitative estimate of drug-likeness (QED) is 0.255. The van der Waals surface area contributed by atoms with Gasteiger partial charge in [0.05, 0.1) is 0 Å². The van der Waals surface area contributed by atoms with Gasteiger partial charge in [-0.25, -0.2) is 5.43 Å². The van der Waals surface area contributed by atoms with Crippen molar-refractivity contribution < 1.29 is 0 Å². The lowest BCUT2D eigenvalue weighted by Gasteiger charge is -1.88. The third kappa shape index (κ3) is 1.97. The zero-order valence-corrected chi connectivity index (χ0v) is 6.33. The van der Waals surface area contributed by atoms with E-state index in [9.17, 15) is 0 Å². The predicted molar refractivity (Wildman–Crippen MR) is 38.3 cm³/mol. The van der Waals surface area contributed by atoms with Crippen LogP contribution in [0.4, 0.5) is 5.95 Å². The van der Waals surface area contributed by atoms with Gasteiger partial charge in [-0.3, -0.25) is 0 Å². The summed E-state index contributed by atoms with van der Waals surface area (Å²) < 4.78 is 0.220. The molecule has 0 atom stereocenters. The standard InChI is InChI=1S/C2H4BrN7/c3-1(4)5-6-2-7-9-10-8-2/h(H2,4,5)(H2,6,7,8,9,10). The van der Waals surface area contributed by atoms with Crippen molar-refractivity contribution in [1.82, 2.24) is 20.6 Å². The van der Waals surface area contributed by atoms with Crippen molar-refractivity contribution in [3.8, 4) is 0 Å². The number of aromatic nitrogens is 4. The number of nitrogens with one attached hydrogen (secondary N) is 2. The van der Waals surface area contributed by atoms with E-state index in [1.807, 2.05) is 0 Å². The highest BCUT2D eigenvalue weighted by atomic mass is 79.9. The number of nitrogens with two attached hydrogens (primary N) is 1. The highest BCUT2D eigenvalue weighted by molar-refractivity contribution is 9.18. The van der Waals surface area contributed by atoms with Gasteiger partial charge in [0.2, 0.25) is 0 Å². The fourth-order valence-corrected chi connectivity index (χ4v) is 0.401. The monoisotopic (exact) mass is 205 g/mol. The molecule has 8 heteroatoms. The number of hydrazone groups is 1. The van der Waals surface area contributed by atoms with Crippen molar-refractivity contribution in [2.75, 3.05) is 5.43 Å². The second kappa shape index (κ2) is 3.11. The van der Waals surface area contributed by atoms with Crippen molar-refractivity contribution in [3.63, 3.8) is 0 Å². The van der Waals surface area contributed by atoms with Crippen LogP contribution in [0.5, 0.6) is 0 Å². The van der Waals surface area contributed by atoms with Gasteiger partial charge in [0.15, 0.2) is 4.74 Å². The summed E-state index contributed by atoms with van der Waals surface area (Å²) in [7, 11) is 0. The maximum atomic E-state index is 5.13. The van der Waals surface area contributed by atoms with E-state index in [0.29, 0.717) is 0 Å². The van der Waals surface area contributed by atoms with Crippen molar-refractivity contribution in [3.05, 3.63) is 0 Å². The van der Waals surface area contributed by atoms with Crippen LogP contribution in [0.3, 0.4) is 0 Å². The van der Waals surface area contributed by atoms with Crippen molar-refractivity contribution in [2.24, 2.45) is 10.8 Å². The van der Waals surface area contributed by atoms with Crippen molar-refractivity contribution in [1.29, 1.82) is 0 Å². The van der Waals surface area contributed by atoms with E-state index in [1.165, 1.54) is 0 Å². The van der Waals surface area contributed by atoms with E-state index in [1.54, 1.807) is 0 Å². The van der Waals surface area contributed by atoms with E-state index in [-0.39, 0.29) is 10.7 Å². The molecule has 0 unspecified atom stereocenters. The van der Waals surface area contributed by atoms with Gasteiger partial charge in [-0.15, -0.1) is 10.2 Å². The van der Waals surface area contributed by atoms with Crippen LogP contribution in [-0.2, 0) is 0 Å². The Hall–Kier alpha value is -1.18. The third-order valence-corrected chi connectivity index (χ3v) is 0.785. The lowest BCUT2D eigenvalue weighted by atomic mass is 11.1. The Labute approximate surface area is 64.2 Å². The van der Waals surface area contributed by atoms with Gasteiger partial charge in [-0.05, 0) is 21.1 Å². The number of halogens is 1. The molecule has 0 aliphatic rings. The fraction of sp³-hybridized carbons (Fsp3) is 0. The SMILES string of the molecule is N/C(Br)=N/Nc1nn[nH]n1. The van der Waals surface area contributed by atoms with Gasteiger partial charge in [-0.1, -0.05) is 5.10 Å². The number of hydrogen-bond donors (Lipinski definition) is 3. The van der Waals surface area contributed by atoms with Gasteiger partial charge in [0, 0.05) is 0 Å². The van der Waals surface area contributed by atoms with Gasteiger partial charge in [0.1, 0.15) is 0 Å². The van der Waals surface area contributed by atoms with Crippen molar-refractivity contribution >= 4 is 26.6 Å². The molecule has 0 aliphatic carbocycles. The summed E-state index contributed by atoms with van der Waals surface area (Å²) in [4.78, 5) is 0. The first kappa shape index (κ1) is 6.93. The average molecular weight is 206 g/mol. The largest absolute Gasteiger partial charge is 0.376 e. The number of nitrogens with zero attached hydrogens (tertiary/aromatic N) is 4. The first-order chi connectivity index (χ1) is 4.79. The molecule has 0 bridgehead atoms. The van der Waals surface area contributed by atoms with E-state index in [2.05, 4.69) is 47.1 Å². The highest BCUT2D eigenvalue weighted by Gasteiger charge is 1.91. The molecule has 0 aliphatic heterocycles. The first-order valence-electron chi connectivity index (χ1n) is 2.27. The molecule has 0 spiro atoms. The Morgan fingerprint density at radius 1 is 1.80 bits per heavy atom. The summed E-state index contributed by atoms with van der Waals surface area (Å²) in [5.41, 5.74) is 7.55. The molecule has 0 aromatic carbocycles. The average Bonchev–Trinajstić information content (AvgIpc) is 2.34. The van der Waals surface area contributed by atoms with Crippen LogP contribution in [0.25, 0.3) is 0 Å². The molecule has 0 saturated heterocycles. The number of anilines is 1. The Morgan fingerprint density at radius 3 is 3.10 bits per heavy atom. The predicted octanol–water partition coefficient (Wildman–Crippen LogP) is -0.764. The molecule has 10 heavy (non-hydrogen) atoms. The molecule has 0 amide bonds. The molecule has 1 rings (SSSR count). The van der Waals surface area contributed by atoms with Crippen LogP contribution >= 0.6 is 15.9 Å². The molecule has 0 fully saturated rings. The molecule has 4 N–H and O–H groups in total. The second-order valence-corrected chi connectivity index (χ2v) is 2.09. The van der Waals surface area contributed by atoms with Crippen molar-refractivity contribution in [2.45, 2.75) is 0 Å². The highest BCUT2D eigenvalue weighted by Crippen LogP contribution is 1.89. The van der Waals surface area contributed by atoms with Gasteiger partial charge < -0.3 is 5.73 Å². The summed E-state index contributed by atoms with van der Waals surface area (Å²) in [5, 5.41) is 16.1. The third-order valence-electron chi connectivity index (χ3n) is 0.608. The van der Waals surface area contributed by atoms with Crippen LogP contribution in [0, 0.1) is 0 Å². The summed E-state index contributed by atoms with van der Waals surface area (Å²) in [6.07, 6.45) is 0. The van der Waals surface area contributed by atoms with Crippen LogP contribution in [0.1, 0.15) is 0 Å². The van der Waals surface area contributed by atoms with E-state index < -0.39 is 0 Å². The van der Waals surface area contributed by atoms with Gasteiger partial charge >= 0.3 is 0 Å². The summed E-state index contributed by atoms with van der Waals surface area (Å²) in [5.74, 6) is 0.266. The van der Waals surface area contributed by atoms with E-state index in [0.717, 1.165) is 0 Å². The number of H-pyrrole nitrogens is 1. The summed E-state index contributed by atoms with van der Waals surface area (Å²) in [6.45, 7) is 0. The zero-order chi connectivity index (χ0) is 7.40. The molecule has 0 saturated carbocycles. The molecule has 54 valence electrons. The smallest absolute Gasteiger partial charge is 0.283 e. The molecule has 7 nitrogen and oxygen atoms in total. The lowest BCUT2D eigenvalue weighted by molar-refractivity contribution is 0.881. The minimum Gasteiger partial charge on any atom is -0.376 e. The van der Waals surface area contributed by atoms with Gasteiger partial charge in [-0.2, -0.15) is 5.21 Å². The topological polar surface area (TPSA) is 105 Å². The van der Waals surface area contributed by atoms with E-state index in [4.69, 9.17) is 5.73 Å². The van der Waals surface area contributed by atoms with E-state index >= 15 is 0 Å². The first-order valence-corrected chi connectivity index (χ1v) is 3.06. The Kier molecular flexibility index (Phi) is 2.15. The maximum Gasteiger partial charge on any atom is 0.283 e. The molecular weight excluding hydrogens is 202 g/mol. The molecule has 1 aromatic rings. The normalized spacial score (nSPS) is 11.5. The summed E-state index contributed by atoms with van der Waals surface area (Å²) >= 11 is 2.90. The van der Waals surface area contributed by atoms with Crippen LogP contribution in [0.15, 0.2) is 5.10 Å². The number of rotatable bonds is 2. The number of amidine groups is 1. The Balaban J connectivity index is 2.49. The molecule has 0 radical (unpaired) electrons. The number of hydrogen-bond acceptors (Lipinski definition) is 5. The molecule has 1 aromatic heterocycles. The Morgan fingerprint density at radius 2 is 2.60 bits per heavy atom. The number of tetrazole rings is 1. The van der Waals surface area contributed by atoms with Crippen LogP contribution < -0.4 is 11.2 Å². The number of aromatic amines is 1. The molecule has 1 heterocycles. The van der Waals surface area contributed by atoms with Crippen LogP contribution in [0.2, 0.25) is 0 Å². The summed E-state index contributed by atoms with van der Waals surface area (Å²) in [6, 6.07) is 0. The fourth-order valence-electron chi connectivity index (χ4n) is 0.313. The maximum absolute atomic E-state index is 5.13. The minimum absolute atomic E-state index is 0.220. The zero-order valence-electron chi connectivity index (χ0n) is 4.74. The van der Waals surface area contributed by atoms with Crippen LogP contribution in [-0.4, -0.2) is 25.4 Å². The van der Waals surface area contributed by atoms with Gasteiger partial charge in [0.25, 0.3) is 5.95 Å². The Bertz CT molecular complexity index is 210.